The molecule has 6 nitrogen and oxygen atoms in total. The van der Waals surface area contributed by atoms with Crippen LogP contribution in [0.3, 0.4) is 0 Å². The molecule has 3 rings (SSSR count). The molecule has 1 amide bonds. The molecular weight excluding hydrogens is 354 g/mol. The normalized spacial score (nSPS) is 12.0. The number of rotatable bonds is 7. The number of hydrogen-bond donors (Lipinski definition) is 1. The zero-order chi connectivity index (χ0) is 20.1. The predicted octanol–water partition coefficient (Wildman–Crippen LogP) is 4.11. The van der Waals surface area contributed by atoms with E-state index in [1.54, 1.807) is 20.1 Å². The third-order valence-electron chi connectivity index (χ3n) is 4.54. The van der Waals surface area contributed by atoms with Crippen molar-refractivity contribution in [1.82, 2.24) is 10.1 Å². The summed E-state index contributed by atoms with van der Waals surface area (Å²) >= 11 is 0. The summed E-state index contributed by atoms with van der Waals surface area (Å²) in [6, 6.07) is 16.9. The zero-order valence-corrected chi connectivity index (χ0v) is 16.6. The molecule has 0 fully saturated rings. The Hall–Kier alpha value is -3.12. The quantitative estimate of drug-likeness (QED) is 0.669. The lowest BCUT2D eigenvalue weighted by molar-refractivity contribution is -0.121. The second kappa shape index (κ2) is 8.71. The Morgan fingerprint density at radius 3 is 2.57 bits per heavy atom. The number of nitrogens with zero attached hydrogens (tertiary/aromatic N) is 2. The van der Waals surface area contributed by atoms with Crippen LogP contribution in [0.1, 0.15) is 28.5 Å². The Morgan fingerprint density at radius 1 is 1.18 bits per heavy atom. The van der Waals surface area contributed by atoms with Gasteiger partial charge in [0, 0.05) is 18.2 Å². The van der Waals surface area contributed by atoms with Crippen LogP contribution in [0.15, 0.2) is 59.1 Å². The largest absolute Gasteiger partial charge is 0.496 e. The molecule has 0 aliphatic rings. The minimum absolute atomic E-state index is 0.173. The van der Waals surface area contributed by atoms with Crippen LogP contribution in [0.25, 0.3) is 0 Å². The van der Waals surface area contributed by atoms with Crippen LogP contribution in [0.2, 0.25) is 0 Å². The first kappa shape index (κ1) is 19.6. The number of likely N-dealkylation sites (N-methyl/N-ethyl adjacent to an activating group) is 1. The molecule has 0 aliphatic carbocycles. The van der Waals surface area contributed by atoms with Gasteiger partial charge in [-0.3, -0.25) is 9.69 Å². The lowest BCUT2D eigenvalue weighted by Gasteiger charge is -2.28. The number of carbonyl (C=O) groups excluding carboxylic acids is 1. The standard InChI is InChI=1S/C22H25N3O3/c1-15-10-11-19(27-4)18(12-15)14-25(3)21(17-8-6-5-7-9-17)22(26)23-20-13-16(2)28-24-20/h5-13,21H,14H2,1-4H3,(H,23,24,26)/t21-/m0/s1. The number of ether oxygens (including phenoxy) is 1. The number of anilines is 1. The van der Waals surface area contributed by atoms with Crippen molar-refractivity contribution in [2.24, 2.45) is 0 Å². The monoisotopic (exact) mass is 379 g/mol. The van der Waals surface area contributed by atoms with Crippen molar-refractivity contribution in [3.05, 3.63) is 77.0 Å². The number of aryl methyl sites for hydroxylation is 2. The molecule has 146 valence electrons. The molecule has 1 atom stereocenters. The minimum atomic E-state index is -0.497. The highest BCUT2D eigenvalue weighted by Gasteiger charge is 2.26. The molecule has 0 saturated carbocycles. The summed E-state index contributed by atoms with van der Waals surface area (Å²) in [6.45, 7) is 4.38. The molecule has 1 N–H and O–H groups in total. The Morgan fingerprint density at radius 2 is 1.93 bits per heavy atom. The topological polar surface area (TPSA) is 67.6 Å². The van der Waals surface area contributed by atoms with Gasteiger partial charge in [-0.05, 0) is 32.5 Å². The van der Waals surface area contributed by atoms with Gasteiger partial charge in [0.15, 0.2) is 5.82 Å². The lowest BCUT2D eigenvalue weighted by atomic mass is 10.0. The van der Waals surface area contributed by atoms with E-state index < -0.39 is 6.04 Å². The first-order valence-electron chi connectivity index (χ1n) is 9.11. The Labute approximate surface area is 165 Å². The van der Waals surface area contributed by atoms with Gasteiger partial charge in [0.2, 0.25) is 5.91 Å². The molecule has 3 aromatic rings. The van der Waals surface area contributed by atoms with Gasteiger partial charge in [0.05, 0.1) is 7.11 Å². The van der Waals surface area contributed by atoms with E-state index in [4.69, 9.17) is 9.26 Å². The maximum atomic E-state index is 13.1. The maximum absolute atomic E-state index is 13.1. The van der Waals surface area contributed by atoms with Crippen molar-refractivity contribution in [3.8, 4) is 5.75 Å². The molecule has 2 aromatic carbocycles. The number of hydrogen-bond acceptors (Lipinski definition) is 5. The fourth-order valence-corrected chi connectivity index (χ4v) is 3.25. The molecular formula is C22H25N3O3. The van der Waals surface area contributed by atoms with E-state index in [-0.39, 0.29) is 5.91 Å². The van der Waals surface area contributed by atoms with Crippen molar-refractivity contribution in [2.75, 3.05) is 19.5 Å². The van der Waals surface area contributed by atoms with E-state index in [1.165, 1.54) is 0 Å². The van der Waals surface area contributed by atoms with Crippen LogP contribution in [-0.4, -0.2) is 30.1 Å². The van der Waals surface area contributed by atoms with Gasteiger partial charge in [-0.15, -0.1) is 0 Å². The molecule has 0 unspecified atom stereocenters. The Bertz CT molecular complexity index is 937. The molecule has 0 radical (unpaired) electrons. The molecule has 1 aromatic heterocycles. The first-order chi connectivity index (χ1) is 13.5. The molecule has 28 heavy (non-hydrogen) atoms. The van der Waals surface area contributed by atoms with E-state index in [2.05, 4.69) is 16.5 Å². The average molecular weight is 379 g/mol. The van der Waals surface area contributed by atoms with E-state index in [1.807, 2.05) is 61.3 Å². The summed E-state index contributed by atoms with van der Waals surface area (Å²) in [5.41, 5.74) is 3.06. The number of aromatic nitrogens is 1. The summed E-state index contributed by atoms with van der Waals surface area (Å²) in [5.74, 6) is 1.68. The van der Waals surface area contributed by atoms with E-state index >= 15 is 0 Å². The molecule has 0 saturated heterocycles. The van der Waals surface area contributed by atoms with Crippen molar-refractivity contribution < 1.29 is 14.1 Å². The molecule has 0 bridgehead atoms. The predicted molar refractivity (Wildman–Crippen MR) is 108 cm³/mol. The summed E-state index contributed by atoms with van der Waals surface area (Å²) < 4.78 is 10.6. The lowest BCUT2D eigenvalue weighted by Crippen LogP contribution is -2.34. The van der Waals surface area contributed by atoms with Gasteiger partial charge < -0.3 is 14.6 Å². The van der Waals surface area contributed by atoms with Crippen molar-refractivity contribution >= 4 is 11.7 Å². The molecule has 0 aliphatic heterocycles. The van der Waals surface area contributed by atoms with Crippen LogP contribution >= 0.6 is 0 Å². The maximum Gasteiger partial charge on any atom is 0.247 e. The highest BCUT2D eigenvalue weighted by Crippen LogP contribution is 2.27. The van der Waals surface area contributed by atoms with Crippen molar-refractivity contribution in [2.45, 2.75) is 26.4 Å². The summed E-state index contributed by atoms with van der Waals surface area (Å²) in [6.07, 6.45) is 0. The van der Waals surface area contributed by atoms with E-state index in [9.17, 15) is 4.79 Å². The van der Waals surface area contributed by atoms with Crippen LogP contribution < -0.4 is 10.1 Å². The average Bonchev–Trinajstić information content (AvgIpc) is 3.07. The number of carbonyl (C=O) groups is 1. The van der Waals surface area contributed by atoms with Gasteiger partial charge in [0.1, 0.15) is 17.6 Å². The van der Waals surface area contributed by atoms with Crippen LogP contribution in [-0.2, 0) is 11.3 Å². The van der Waals surface area contributed by atoms with Crippen LogP contribution in [0, 0.1) is 13.8 Å². The third-order valence-corrected chi connectivity index (χ3v) is 4.54. The van der Waals surface area contributed by atoms with Gasteiger partial charge >= 0.3 is 0 Å². The molecule has 1 heterocycles. The third kappa shape index (κ3) is 4.58. The fraction of sp³-hybridized carbons (Fsp3) is 0.273. The number of benzene rings is 2. The van der Waals surface area contributed by atoms with Crippen LogP contribution in [0.5, 0.6) is 5.75 Å². The SMILES string of the molecule is COc1ccc(C)cc1CN(C)[C@H](C(=O)Nc1cc(C)on1)c1ccccc1. The van der Waals surface area contributed by atoms with Crippen LogP contribution in [0.4, 0.5) is 5.82 Å². The molecule has 0 spiro atoms. The second-order valence-corrected chi connectivity index (χ2v) is 6.86. The van der Waals surface area contributed by atoms with Crippen molar-refractivity contribution in [3.63, 3.8) is 0 Å². The van der Waals surface area contributed by atoms with Gasteiger partial charge in [-0.25, -0.2) is 0 Å². The summed E-state index contributed by atoms with van der Waals surface area (Å²) in [7, 11) is 3.58. The smallest absolute Gasteiger partial charge is 0.247 e. The number of amides is 1. The highest BCUT2D eigenvalue weighted by molar-refractivity contribution is 5.94. The van der Waals surface area contributed by atoms with Gasteiger partial charge in [-0.1, -0.05) is 53.2 Å². The first-order valence-corrected chi connectivity index (χ1v) is 9.11. The van der Waals surface area contributed by atoms with E-state index in [0.29, 0.717) is 18.1 Å². The summed E-state index contributed by atoms with van der Waals surface area (Å²) in [4.78, 5) is 15.1. The van der Waals surface area contributed by atoms with Gasteiger partial charge in [0.25, 0.3) is 0 Å². The Balaban J connectivity index is 1.88. The van der Waals surface area contributed by atoms with E-state index in [0.717, 1.165) is 22.4 Å². The molecule has 6 heteroatoms. The zero-order valence-electron chi connectivity index (χ0n) is 16.6. The number of methoxy groups -OCH3 is 1. The summed E-state index contributed by atoms with van der Waals surface area (Å²) in [5, 5.41) is 6.72. The second-order valence-electron chi connectivity index (χ2n) is 6.86. The minimum Gasteiger partial charge on any atom is -0.496 e. The van der Waals surface area contributed by atoms with Crippen molar-refractivity contribution in [1.29, 1.82) is 0 Å². The highest BCUT2D eigenvalue weighted by atomic mass is 16.5. The Kier molecular flexibility index (Phi) is 6.11. The number of nitrogens with one attached hydrogen (secondary N) is 1. The fourth-order valence-electron chi connectivity index (χ4n) is 3.25. The van der Waals surface area contributed by atoms with Gasteiger partial charge in [-0.2, -0.15) is 0 Å².